The molecule has 0 aromatic carbocycles. The minimum atomic E-state index is 0.0131. The molecule has 0 aliphatic carbocycles. The van der Waals surface area contributed by atoms with Crippen molar-refractivity contribution in [3.63, 3.8) is 0 Å². The van der Waals surface area contributed by atoms with Crippen molar-refractivity contribution in [2.24, 2.45) is 0 Å². The lowest BCUT2D eigenvalue weighted by Crippen LogP contribution is -2.48. The maximum absolute atomic E-state index is 12.3. The highest BCUT2D eigenvalue weighted by molar-refractivity contribution is 5.93. The van der Waals surface area contributed by atoms with E-state index in [0.717, 1.165) is 32.7 Å². The number of rotatable bonds is 3. The van der Waals surface area contributed by atoms with Gasteiger partial charge in [0.15, 0.2) is 0 Å². The molecule has 3 rings (SSSR count). The fourth-order valence-corrected chi connectivity index (χ4v) is 2.45. The number of aromatic nitrogens is 3. The molecule has 1 aliphatic rings. The molecule has 6 heteroatoms. The molecule has 0 saturated carbocycles. The van der Waals surface area contributed by atoms with E-state index in [1.807, 2.05) is 29.4 Å². The van der Waals surface area contributed by atoms with Gasteiger partial charge < -0.3 is 4.90 Å². The normalized spacial score (nSPS) is 15.9. The van der Waals surface area contributed by atoms with Crippen molar-refractivity contribution in [2.75, 3.05) is 26.2 Å². The van der Waals surface area contributed by atoms with Gasteiger partial charge in [-0.3, -0.25) is 14.7 Å². The molecular weight excluding hydrogens is 266 g/mol. The Morgan fingerprint density at radius 3 is 2.33 bits per heavy atom. The lowest BCUT2D eigenvalue weighted by Gasteiger charge is -2.34. The molecule has 0 bridgehead atoms. The standard InChI is InChI=1S/C15H17N5O/c21-15(14-9-17-12-18-10-14)20-7-5-19(6-8-20)11-13-1-3-16-4-2-13/h1-4,9-10,12H,5-8,11H2. The van der Waals surface area contributed by atoms with E-state index in [-0.39, 0.29) is 5.91 Å². The molecule has 1 aliphatic heterocycles. The van der Waals surface area contributed by atoms with Crippen molar-refractivity contribution < 1.29 is 4.79 Å². The van der Waals surface area contributed by atoms with Crippen LogP contribution in [0.5, 0.6) is 0 Å². The number of hydrogen-bond acceptors (Lipinski definition) is 5. The fraction of sp³-hybridized carbons (Fsp3) is 0.333. The zero-order valence-electron chi connectivity index (χ0n) is 11.7. The van der Waals surface area contributed by atoms with E-state index in [0.29, 0.717) is 5.56 Å². The van der Waals surface area contributed by atoms with Gasteiger partial charge in [-0.2, -0.15) is 0 Å². The summed E-state index contributed by atoms with van der Waals surface area (Å²) in [5.41, 5.74) is 1.81. The van der Waals surface area contributed by atoms with Gasteiger partial charge in [-0.1, -0.05) is 0 Å². The number of pyridine rings is 1. The molecule has 2 aromatic rings. The Hall–Kier alpha value is -2.34. The van der Waals surface area contributed by atoms with Gasteiger partial charge in [0, 0.05) is 57.5 Å². The molecule has 0 atom stereocenters. The summed E-state index contributed by atoms with van der Waals surface area (Å²) in [6.07, 6.45) is 8.19. The van der Waals surface area contributed by atoms with Crippen LogP contribution in [0.15, 0.2) is 43.2 Å². The summed E-state index contributed by atoms with van der Waals surface area (Å²) in [5, 5.41) is 0. The van der Waals surface area contributed by atoms with Crippen molar-refractivity contribution in [2.45, 2.75) is 6.54 Å². The maximum atomic E-state index is 12.3. The summed E-state index contributed by atoms with van der Waals surface area (Å²) in [6, 6.07) is 4.05. The zero-order valence-corrected chi connectivity index (χ0v) is 11.7. The Morgan fingerprint density at radius 1 is 1.00 bits per heavy atom. The maximum Gasteiger partial charge on any atom is 0.257 e. The van der Waals surface area contributed by atoms with Crippen LogP contribution in [0.2, 0.25) is 0 Å². The van der Waals surface area contributed by atoms with Gasteiger partial charge in [-0.25, -0.2) is 9.97 Å². The molecule has 6 nitrogen and oxygen atoms in total. The van der Waals surface area contributed by atoms with E-state index in [2.05, 4.69) is 19.9 Å². The average Bonchev–Trinajstić information content (AvgIpc) is 2.57. The summed E-state index contributed by atoms with van der Waals surface area (Å²) in [6.45, 7) is 4.13. The highest BCUT2D eigenvalue weighted by Crippen LogP contribution is 2.10. The van der Waals surface area contributed by atoms with Gasteiger partial charge in [0.25, 0.3) is 5.91 Å². The van der Waals surface area contributed by atoms with Gasteiger partial charge in [0.1, 0.15) is 6.33 Å². The number of hydrogen-bond donors (Lipinski definition) is 0. The second-order valence-corrected chi connectivity index (χ2v) is 5.05. The van der Waals surface area contributed by atoms with Gasteiger partial charge in [0.2, 0.25) is 0 Å². The van der Waals surface area contributed by atoms with Crippen molar-refractivity contribution in [3.8, 4) is 0 Å². The van der Waals surface area contributed by atoms with E-state index in [9.17, 15) is 4.79 Å². The summed E-state index contributed by atoms with van der Waals surface area (Å²) in [4.78, 5) is 28.3. The molecule has 1 amide bonds. The summed E-state index contributed by atoms with van der Waals surface area (Å²) in [7, 11) is 0. The van der Waals surface area contributed by atoms with Gasteiger partial charge in [-0.05, 0) is 17.7 Å². The molecule has 1 fully saturated rings. The zero-order chi connectivity index (χ0) is 14.5. The lowest BCUT2D eigenvalue weighted by atomic mass is 10.2. The Kier molecular flexibility index (Phi) is 4.16. The molecule has 108 valence electrons. The van der Waals surface area contributed by atoms with E-state index in [1.54, 1.807) is 12.4 Å². The molecular formula is C15H17N5O. The summed E-state index contributed by atoms with van der Waals surface area (Å²) >= 11 is 0. The molecule has 21 heavy (non-hydrogen) atoms. The molecule has 0 unspecified atom stereocenters. The van der Waals surface area contributed by atoms with Crippen LogP contribution in [0.4, 0.5) is 0 Å². The molecule has 2 aromatic heterocycles. The van der Waals surface area contributed by atoms with Crippen LogP contribution in [-0.2, 0) is 6.54 Å². The predicted molar refractivity (Wildman–Crippen MR) is 77.4 cm³/mol. The highest BCUT2D eigenvalue weighted by atomic mass is 16.2. The minimum Gasteiger partial charge on any atom is -0.336 e. The summed E-state index contributed by atoms with van der Waals surface area (Å²) in [5.74, 6) is 0.0131. The predicted octanol–water partition coefficient (Wildman–Crippen LogP) is 0.830. The molecule has 0 spiro atoms. The number of nitrogens with zero attached hydrogens (tertiary/aromatic N) is 5. The lowest BCUT2D eigenvalue weighted by molar-refractivity contribution is 0.0627. The first-order valence-corrected chi connectivity index (χ1v) is 6.98. The first kappa shape index (κ1) is 13.6. The minimum absolute atomic E-state index is 0.0131. The third-order valence-corrected chi connectivity index (χ3v) is 3.62. The average molecular weight is 283 g/mol. The number of amides is 1. The molecule has 3 heterocycles. The topological polar surface area (TPSA) is 62.2 Å². The van der Waals surface area contributed by atoms with Crippen LogP contribution in [0.1, 0.15) is 15.9 Å². The summed E-state index contributed by atoms with van der Waals surface area (Å²) < 4.78 is 0. The monoisotopic (exact) mass is 283 g/mol. The van der Waals surface area contributed by atoms with Crippen molar-refractivity contribution >= 4 is 5.91 Å². The second kappa shape index (κ2) is 6.41. The van der Waals surface area contributed by atoms with E-state index < -0.39 is 0 Å². The van der Waals surface area contributed by atoms with E-state index >= 15 is 0 Å². The SMILES string of the molecule is O=C(c1cncnc1)N1CCN(Cc2ccncc2)CC1. The highest BCUT2D eigenvalue weighted by Gasteiger charge is 2.22. The first-order valence-electron chi connectivity index (χ1n) is 6.98. The van der Waals surface area contributed by atoms with Crippen LogP contribution in [0.25, 0.3) is 0 Å². The Balaban J connectivity index is 1.54. The second-order valence-electron chi connectivity index (χ2n) is 5.05. The number of carbonyl (C=O) groups is 1. The van der Waals surface area contributed by atoms with Crippen molar-refractivity contribution in [1.82, 2.24) is 24.8 Å². The van der Waals surface area contributed by atoms with Gasteiger partial charge in [0.05, 0.1) is 5.56 Å². The third-order valence-electron chi connectivity index (χ3n) is 3.62. The van der Waals surface area contributed by atoms with Crippen LogP contribution in [-0.4, -0.2) is 56.8 Å². The smallest absolute Gasteiger partial charge is 0.257 e. The molecule has 0 N–H and O–H groups in total. The van der Waals surface area contributed by atoms with Crippen molar-refractivity contribution in [1.29, 1.82) is 0 Å². The molecule has 0 radical (unpaired) electrons. The van der Waals surface area contributed by atoms with Crippen LogP contribution < -0.4 is 0 Å². The van der Waals surface area contributed by atoms with Crippen molar-refractivity contribution in [3.05, 3.63) is 54.4 Å². The Bertz CT molecular complexity index is 582. The quantitative estimate of drug-likeness (QED) is 0.835. The Morgan fingerprint density at radius 2 is 1.67 bits per heavy atom. The van der Waals surface area contributed by atoms with Crippen LogP contribution in [0.3, 0.4) is 0 Å². The van der Waals surface area contributed by atoms with Crippen LogP contribution in [0, 0.1) is 0 Å². The van der Waals surface area contributed by atoms with E-state index in [4.69, 9.17) is 0 Å². The third kappa shape index (κ3) is 3.41. The largest absolute Gasteiger partial charge is 0.336 e. The fourth-order valence-electron chi connectivity index (χ4n) is 2.45. The van der Waals surface area contributed by atoms with Gasteiger partial charge in [-0.15, -0.1) is 0 Å². The Labute approximate surface area is 123 Å². The molecule has 1 saturated heterocycles. The number of piperazine rings is 1. The van der Waals surface area contributed by atoms with E-state index in [1.165, 1.54) is 11.9 Å². The van der Waals surface area contributed by atoms with Gasteiger partial charge >= 0.3 is 0 Å². The van der Waals surface area contributed by atoms with Crippen LogP contribution >= 0.6 is 0 Å². The first-order chi connectivity index (χ1) is 10.3. The number of carbonyl (C=O) groups excluding carboxylic acids is 1.